The number of carbonyl (C=O) groups is 1. The molecule has 1 saturated heterocycles. The Balaban J connectivity index is 1.57. The van der Waals surface area contributed by atoms with Gasteiger partial charge in [-0.15, -0.1) is 0 Å². The number of para-hydroxylation sites is 1. The summed E-state index contributed by atoms with van der Waals surface area (Å²) in [5.41, 5.74) is 1.11. The number of hydrogen-bond donors (Lipinski definition) is 1. The molecule has 0 saturated carbocycles. The smallest absolute Gasteiger partial charge is 0.222 e. The van der Waals surface area contributed by atoms with Crippen LogP contribution in [-0.4, -0.2) is 36.4 Å². The Morgan fingerprint density at radius 2 is 2.10 bits per heavy atom. The Morgan fingerprint density at radius 3 is 2.86 bits per heavy atom. The highest BCUT2D eigenvalue weighted by Gasteiger charge is 2.28. The van der Waals surface area contributed by atoms with Crippen molar-refractivity contribution in [2.45, 2.75) is 25.4 Å². The Morgan fingerprint density at radius 1 is 1.29 bits per heavy atom. The maximum atomic E-state index is 11.9. The average molecular weight is 306 g/mol. The number of carbonyl (C=O) groups excluding carboxylic acids is 1. The van der Waals surface area contributed by atoms with E-state index < -0.39 is 9.84 Å². The molecule has 2 heterocycles. The first-order valence-electron chi connectivity index (χ1n) is 7.07. The Kier molecular flexibility index (Phi) is 3.71. The third kappa shape index (κ3) is 3.26. The van der Waals surface area contributed by atoms with E-state index >= 15 is 0 Å². The van der Waals surface area contributed by atoms with Crippen molar-refractivity contribution in [3.05, 3.63) is 36.5 Å². The summed E-state index contributed by atoms with van der Waals surface area (Å²) in [4.78, 5) is 11.9. The number of hydrogen-bond acceptors (Lipinski definition) is 3. The lowest BCUT2D eigenvalue weighted by Gasteiger charge is -2.11. The molecule has 112 valence electrons. The fraction of sp³-hybridized carbons (Fsp3) is 0.400. The lowest BCUT2D eigenvalue weighted by Crippen LogP contribution is -2.35. The van der Waals surface area contributed by atoms with E-state index in [1.54, 1.807) is 0 Å². The van der Waals surface area contributed by atoms with Gasteiger partial charge in [0.25, 0.3) is 0 Å². The molecule has 6 heteroatoms. The van der Waals surface area contributed by atoms with Crippen molar-refractivity contribution in [1.29, 1.82) is 0 Å². The van der Waals surface area contributed by atoms with Gasteiger partial charge in [-0.25, -0.2) is 8.42 Å². The summed E-state index contributed by atoms with van der Waals surface area (Å²) >= 11 is 0. The monoisotopic (exact) mass is 306 g/mol. The largest absolute Gasteiger partial charge is 0.352 e. The van der Waals surface area contributed by atoms with E-state index in [0.29, 0.717) is 19.4 Å². The Hall–Kier alpha value is -1.82. The summed E-state index contributed by atoms with van der Waals surface area (Å²) in [6.45, 7) is 0.596. The van der Waals surface area contributed by atoms with Crippen LogP contribution in [0.3, 0.4) is 0 Å². The second-order valence-electron chi connectivity index (χ2n) is 5.49. The maximum Gasteiger partial charge on any atom is 0.222 e. The Labute approximate surface area is 123 Å². The lowest BCUT2D eigenvalue weighted by atomic mass is 10.2. The highest BCUT2D eigenvalue weighted by atomic mass is 32.2. The molecule has 1 aliphatic heterocycles. The molecule has 3 rings (SSSR count). The molecular weight excluding hydrogens is 288 g/mol. The van der Waals surface area contributed by atoms with E-state index in [-0.39, 0.29) is 23.5 Å². The molecule has 1 N–H and O–H groups in total. The second-order valence-corrected chi connectivity index (χ2v) is 7.71. The van der Waals surface area contributed by atoms with Crippen LogP contribution in [0.4, 0.5) is 0 Å². The highest BCUT2D eigenvalue weighted by molar-refractivity contribution is 7.91. The zero-order chi connectivity index (χ0) is 14.9. The summed E-state index contributed by atoms with van der Waals surface area (Å²) < 4.78 is 24.8. The fourth-order valence-corrected chi connectivity index (χ4v) is 4.44. The third-order valence-corrected chi connectivity index (χ3v) is 5.63. The summed E-state index contributed by atoms with van der Waals surface area (Å²) in [5, 5.41) is 3.97. The molecule has 21 heavy (non-hydrogen) atoms. The molecule has 0 aliphatic carbocycles. The molecule has 1 atom stereocenters. The van der Waals surface area contributed by atoms with E-state index in [0.717, 1.165) is 10.9 Å². The number of rotatable bonds is 4. The van der Waals surface area contributed by atoms with Gasteiger partial charge in [0, 0.05) is 30.7 Å². The van der Waals surface area contributed by atoms with Crippen LogP contribution in [0.25, 0.3) is 10.9 Å². The van der Waals surface area contributed by atoms with Gasteiger partial charge in [0.05, 0.1) is 11.5 Å². The topological polar surface area (TPSA) is 68.2 Å². The van der Waals surface area contributed by atoms with Crippen molar-refractivity contribution in [3.8, 4) is 0 Å². The van der Waals surface area contributed by atoms with Gasteiger partial charge in [-0.3, -0.25) is 4.79 Å². The van der Waals surface area contributed by atoms with Crippen molar-refractivity contribution in [3.63, 3.8) is 0 Å². The van der Waals surface area contributed by atoms with Gasteiger partial charge in [-0.2, -0.15) is 0 Å². The van der Waals surface area contributed by atoms with E-state index in [2.05, 4.69) is 5.32 Å². The summed E-state index contributed by atoms with van der Waals surface area (Å²) in [5.74, 6) is 0.167. The van der Waals surface area contributed by atoms with Crippen LogP contribution in [0.2, 0.25) is 0 Å². The number of fused-ring (bicyclic) bond motifs is 1. The Bertz CT molecular complexity index is 764. The second kappa shape index (κ2) is 5.52. The van der Waals surface area contributed by atoms with Gasteiger partial charge in [0.2, 0.25) is 5.91 Å². The minimum Gasteiger partial charge on any atom is -0.352 e. The molecule has 0 spiro atoms. The number of sulfone groups is 1. The number of amides is 1. The minimum atomic E-state index is -2.95. The zero-order valence-corrected chi connectivity index (χ0v) is 12.5. The van der Waals surface area contributed by atoms with Crippen LogP contribution in [0, 0.1) is 0 Å². The summed E-state index contributed by atoms with van der Waals surface area (Å²) in [6.07, 6.45) is 2.85. The van der Waals surface area contributed by atoms with Crippen molar-refractivity contribution < 1.29 is 13.2 Å². The number of benzene rings is 1. The number of aryl methyl sites for hydroxylation is 1. The molecule has 1 aliphatic rings. The summed E-state index contributed by atoms with van der Waals surface area (Å²) in [7, 11) is -2.95. The lowest BCUT2D eigenvalue weighted by molar-refractivity contribution is -0.121. The van der Waals surface area contributed by atoms with Gasteiger partial charge in [0.1, 0.15) is 0 Å². The van der Waals surface area contributed by atoms with Crippen molar-refractivity contribution in [2.24, 2.45) is 0 Å². The normalized spacial score (nSPS) is 20.7. The fourth-order valence-electron chi connectivity index (χ4n) is 2.77. The maximum absolute atomic E-state index is 11.9. The van der Waals surface area contributed by atoms with Crippen LogP contribution >= 0.6 is 0 Å². The van der Waals surface area contributed by atoms with E-state index in [9.17, 15) is 13.2 Å². The third-order valence-electron chi connectivity index (χ3n) is 3.86. The minimum absolute atomic E-state index is 0.0746. The van der Waals surface area contributed by atoms with E-state index in [1.165, 1.54) is 0 Å². The zero-order valence-electron chi connectivity index (χ0n) is 11.7. The first-order valence-corrected chi connectivity index (χ1v) is 8.89. The van der Waals surface area contributed by atoms with Gasteiger partial charge in [-0.1, -0.05) is 18.2 Å². The molecule has 2 aromatic rings. The molecule has 1 amide bonds. The van der Waals surface area contributed by atoms with Crippen molar-refractivity contribution >= 4 is 26.6 Å². The van der Waals surface area contributed by atoms with Crippen molar-refractivity contribution in [2.75, 3.05) is 11.5 Å². The molecular formula is C15H18N2O3S. The molecule has 1 aromatic carbocycles. The molecule has 0 radical (unpaired) electrons. The molecule has 1 fully saturated rings. The molecule has 0 bridgehead atoms. The first-order chi connectivity index (χ1) is 10.0. The van der Waals surface area contributed by atoms with Crippen LogP contribution in [-0.2, 0) is 21.2 Å². The van der Waals surface area contributed by atoms with Crippen LogP contribution < -0.4 is 5.32 Å². The van der Waals surface area contributed by atoms with E-state index in [4.69, 9.17) is 0 Å². The highest BCUT2D eigenvalue weighted by Crippen LogP contribution is 2.15. The van der Waals surface area contributed by atoms with Crippen molar-refractivity contribution in [1.82, 2.24) is 9.88 Å². The predicted octanol–water partition coefficient (Wildman–Crippen LogP) is 1.33. The summed E-state index contributed by atoms with van der Waals surface area (Å²) in [6, 6.07) is 9.83. The van der Waals surface area contributed by atoms with Gasteiger partial charge in [-0.05, 0) is 23.9 Å². The number of nitrogens with zero attached hydrogens (tertiary/aromatic N) is 1. The van der Waals surface area contributed by atoms with Gasteiger partial charge in [0.15, 0.2) is 9.84 Å². The van der Waals surface area contributed by atoms with Crippen LogP contribution in [0.1, 0.15) is 12.8 Å². The molecule has 0 unspecified atom stereocenters. The standard InChI is InChI=1S/C15H18N2O3S/c18-15(16-13-7-10-21(19,20)11-13)6-9-17-8-5-12-3-1-2-4-14(12)17/h1-5,8,13H,6-7,9-11H2,(H,16,18)/t13-/m0/s1. The number of aromatic nitrogens is 1. The average Bonchev–Trinajstić information content (AvgIpc) is 3.00. The van der Waals surface area contributed by atoms with Gasteiger partial charge >= 0.3 is 0 Å². The molecule has 1 aromatic heterocycles. The van der Waals surface area contributed by atoms with Gasteiger partial charge < -0.3 is 9.88 Å². The predicted molar refractivity (Wildman–Crippen MR) is 81.8 cm³/mol. The molecule has 5 nitrogen and oxygen atoms in total. The number of nitrogens with one attached hydrogen (secondary N) is 1. The SMILES string of the molecule is O=C(CCn1ccc2ccccc21)N[C@H]1CCS(=O)(=O)C1. The first kappa shape index (κ1) is 14.1. The van der Waals surface area contributed by atoms with Crippen LogP contribution in [0.15, 0.2) is 36.5 Å². The van der Waals surface area contributed by atoms with Crippen LogP contribution in [0.5, 0.6) is 0 Å². The van der Waals surface area contributed by atoms with E-state index in [1.807, 2.05) is 41.1 Å². The quantitative estimate of drug-likeness (QED) is 0.926.